The number of esters is 1. The van der Waals surface area contributed by atoms with Crippen molar-refractivity contribution in [2.75, 3.05) is 6.61 Å². The zero-order chi connectivity index (χ0) is 26.0. The van der Waals surface area contributed by atoms with E-state index < -0.39 is 29.9 Å². The van der Waals surface area contributed by atoms with Crippen molar-refractivity contribution in [2.45, 2.75) is 76.9 Å². The van der Waals surface area contributed by atoms with Gasteiger partial charge in [-0.05, 0) is 63.3 Å². The lowest BCUT2D eigenvalue weighted by atomic mass is 9.95. The fourth-order valence-corrected chi connectivity index (χ4v) is 3.75. The number of hydrogen-bond acceptors (Lipinski definition) is 6. The number of rotatable bonds is 12. The number of halogens is 3. The zero-order valence-corrected chi connectivity index (χ0v) is 20.0. The minimum absolute atomic E-state index is 0.00220. The van der Waals surface area contributed by atoms with Crippen LogP contribution in [0.1, 0.15) is 57.9 Å². The molecule has 0 aliphatic heterocycles. The molecule has 0 radical (unpaired) electrons. The largest absolute Gasteiger partial charge is 0.491 e. The SMILES string of the molecule is CC(C)OC(=O)CCCC=CC[C@@H]1C(=CC[C@@H](O)COc2cccc(C(F)(F)F)c2)C(=O)C[C@@H]1O. The summed E-state index contributed by atoms with van der Waals surface area (Å²) in [5.41, 5.74) is -0.413. The first-order valence-corrected chi connectivity index (χ1v) is 11.7. The molecule has 1 fully saturated rings. The van der Waals surface area contributed by atoms with E-state index in [0.717, 1.165) is 12.1 Å². The predicted octanol–water partition coefficient (Wildman–Crippen LogP) is 4.78. The Balaban J connectivity index is 1.83. The highest BCUT2D eigenvalue weighted by molar-refractivity contribution is 5.98. The maximum atomic E-state index is 12.8. The lowest BCUT2D eigenvalue weighted by Gasteiger charge is -2.15. The lowest BCUT2D eigenvalue weighted by molar-refractivity contribution is -0.147. The molecule has 194 valence electrons. The molecule has 2 rings (SSSR count). The first kappa shape index (κ1) is 28.6. The Hall–Kier alpha value is -2.65. The van der Waals surface area contributed by atoms with Gasteiger partial charge in [-0.3, -0.25) is 9.59 Å². The number of aliphatic hydroxyl groups excluding tert-OH is 2. The van der Waals surface area contributed by atoms with Crippen LogP contribution in [0.15, 0.2) is 48.1 Å². The molecular formula is C26H33F3O6. The Labute approximate surface area is 203 Å². The first-order chi connectivity index (χ1) is 16.5. The summed E-state index contributed by atoms with van der Waals surface area (Å²) in [4.78, 5) is 23.8. The molecule has 1 aromatic rings. The van der Waals surface area contributed by atoms with Gasteiger partial charge in [0.05, 0.1) is 23.9 Å². The summed E-state index contributed by atoms with van der Waals surface area (Å²) in [5.74, 6) is -0.857. The average molecular weight is 499 g/mol. The van der Waals surface area contributed by atoms with Gasteiger partial charge in [0, 0.05) is 18.8 Å². The van der Waals surface area contributed by atoms with Crippen molar-refractivity contribution in [3.8, 4) is 5.75 Å². The Kier molecular flexibility index (Phi) is 11.0. The molecule has 1 saturated carbocycles. The molecule has 0 unspecified atom stereocenters. The molecule has 1 aliphatic carbocycles. The molecule has 2 N–H and O–H groups in total. The Morgan fingerprint density at radius 3 is 2.69 bits per heavy atom. The van der Waals surface area contributed by atoms with Crippen molar-refractivity contribution in [3.05, 3.63) is 53.6 Å². The average Bonchev–Trinajstić information content (AvgIpc) is 3.04. The van der Waals surface area contributed by atoms with Crippen LogP contribution in [0.25, 0.3) is 0 Å². The summed E-state index contributed by atoms with van der Waals surface area (Å²) in [6, 6.07) is 4.38. The van der Waals surface area contributed by atoms with Gasteiger partial charge in [0.1, 0.15) is 12.4 Å². The number of ether oxygens (including phenoxy) is 2. The summed E-state index contributed by atoms with van der Waals surface area (Å²) in [6.45, 7) is 3.34. The quantitative estimate of drug-likeness (QED) is 0.187. The Morgan fingerprint density at radius 1 is 1.26 bits per heavy atom. The van der Waals surface area contributed by atoms with Gasteiger partial charge in [0.15, 0.2) is 5.78 Å². The smallest absolute Gasteiger partial charge is 0.416 e. The summed E-state index contributed by atoms with van der Waals surface area (Å²) < 4.78 is 48.7. The van der Waals surface area contributed by atoms with Crippen molar-refractivity contribution in [1.82, 2.24) is 0 Å². The van der Waals surface area contributed by atoms with E-state index >= 15 is 0 Å². The van der Waals surface area contributed by atoms with Crippen LogP contribution in [0.2, 0.25) is 0 Å². The number of Topliss-reactive ketones (excluding diaryl/α,β-unsaturated/α-hetero) is 1. The number of carbonyl (C=O) groups excluding carboxylic acids is 2. The van der Waals surface area contributed by atoms with E-state index in [0.29, 0.717) is 31.3 Å². The van der Waals surface area contributed by atoms with E-state index in [1.54, 1.807) is 19.9 Å². The topological polar surface area (TPSA) is 93.1 Å². The molecule has 0 aromatic heterocycles. The van der Waals surface area contributed by atoms with Gasteiger partial charge in [0.25, 0.3) is 0 Å². The maximum Gasteiger partial charge on any atom is 0.416 e. The summed E-state index contributed by atoms with van der Waals surface area (Å²) in [7, 11) is 0. The fraction of sp³-hybridized carbons (Fsp3) is 0.538. The number of benzene rings is 1. The van der Waals surface area contributed by atoms with Crippen molar-refractivity contribution >= 4 is 11.8 Å². The number of alkyl halides is 3. The molecule has 3 atom stereocenters. The Morgan fingerprint density at radius 2 is 2.00 bits per heavy atom. The third kappa shape index (κ3) is 9.85. The van der Waals surface area contributed by atoms with Crippen molar-refractivity contribution < 1.29 is 42.4 Å². The highest BCUT2D eigenvalue weighted by Gasteiger charge is 2.35. The molecule has 35 heavy (non-hydrogen) atoms. The molecule has 0 amide bonds. The van der Waals surface area contributed by atoms with Gasteiger partial charge in [-0.2, -0.15) is 13.2 Å². The van der Waals surface area contributed by atoms with Crippen molar-refractivity contribution in [2.24, 2.45) is 5.92 Å². The van der Waals surface area contributed by atoms with E-state index in [2.05, 4.69) is 0 Å². The molecule has 0 saturated heterocycles. The molecule has 0 heterocycles. The van der Waals surface area contributed by atoms with Crippen molar-refractivity contribution in [1.29, 1.82) is 0 Å². The number of allylic oxidation sites excluding steroid dienone is 2. The minimum atomic E-state index is -4.49. The third-order valence-electron chi connectivity index (χ3n) is 5.47. The second-order valence-electron chi connectivity index (χ2n) is 8.82. The summed E-state index contributed by atoms with van der Waals surface area (Å²) in [5, 5.41) is 20.5. The zero-order valence-electron chi connectivity index (χ0n) is 20.0. The van der Waals surface area contributed by atoms with Gasteiger partial charge >= 0.3 is 12.1 Å². The van der Waals surface area contributed by atoms with Gasteiger partial charge in [-0.15, -0.1) is 0 Å². The molecule has 1 aromatic carbocycles. The number of ketones is 1. The first-order valence-electron chi connectivity index (χ1n) is 11.7. The molecule has 6 nitrogen and oxygen atoms in total. The molecule has 1 aliphatic rings. The highest BCUT2D eigenvalue weighted by atomic mass is 19.4. The van der Waals surface area contributed by atoms with Gasteiger partial charge in [-0.25, -0.2) is 0 Å². The van der Waals surface area contributed by atoms with E-state index in [-0.39, 0.29) is 43.1 Å². The van der Waals surface area contributed by atoms with E-state index in [4.69, 9.17) is 9.47 Å². The second kappa shape index (κ2) is 13.4. The van der Waals surface area contributed by atoms with Crippen LogP contribution in [0.4, 0.5) is 13.2 Å². The molecule has 0 bridgehead atoms. The number of aliphatic hydroxyl groups is 2. The summed E-state index contributed by atoms with van der Waals surface area (Å²) >= 11 is 0. The van der Waals surface area contributed by atoms with Gasteiger partial charge in [-0.1, -0.05) is 24.3 Å². The van der Waals surface area contributed by atoms with E-state index in [9.17, 15) is 33.0 Å². The van der Waals surface area contributed by atoms with Crippen molar-refractivity contribution in [3.63, 3.8) is 0 Å². The van der Waals surface area contributed by atoms with Crippen LogP contribution >= 0.6 is 0 Å². The highest BCUT2D eigenvalue weighted by Crippen LogP contribution is 2.33. The standard InChI is InChI=1S/C26H33F3O6/c1-17(2)35-25(33)11-6-4-3-5-10-21-22(24(32)15-23(21)31)13-12-19(30)16-34-20-9-7-8-18(14-20)26(27,28)29/h3,5,7-9,13-14,17,19,21,23,30-31H,4,6,10-12,15-16H2,1-2H3/t19-,21-,23+/m1/s1. The van der Waals surface area contributed by atoms with E-state index in [1.165, 1.54) is 12.1 Å². The van der Waals surface area contributed by atoms with Crippen LogP contribution < -0.4 is 4.74 Å². The monoisotopic (exact) mass is 498 g/mol. The van der Waals surface area contributed by atoms with Crippen LogP contribution in [0.3, 0.4) is 0 Å². The predicted molar refractivity (Wildman–Crippen MR) is 124 cm³/mol. The number of carbonyl (C=O) groups is 2. The number of hydrogen-bond donors (Lipinski definition) is 2. The van der Waals surface area contributed by atoms with E-state index in [1.807, 2.05) is 12.2 Å². The van der Waals surface area contributed by atoms with Crippen LogP contribution in [0, 0.1) is 5.92 Å². The molecular weight excluding hydrogens is 465 g/mol. The lowest BCUT2D eigenvalue weighted by Crippen LogP contribution is -2.18. The molecule has 9 heteroatoms. The number of unbranched alkanes of at least 4 members (excludes halogenated alkanes) is 1. The van der Waals surface area contributed by atoms with Crippen LogP contribution in [-0.2, 0) is 20.5 Å². The van der Waals surface area contributed by atoms with Gasteiger partial charge in [0.2, 0.25) is 0 Å². The maximum absolute atomic E-state index is 12.8. The van der Waals surface area contributed by atoms with Gasteiger partial charge < -0.3 is 19.7 Å². The summed E-state index contributed by atoms with van der Waals surface area (Å²) in [6.07, 6.45) is 0.947. The third-order valence-corrected chi connectivity index (χ3v) is 5.47. The van der Waals surface area contributed by atoms with Crippen LogP contribution in [-0.4, -0.2) is 46.9 Å². The Bertz CT molecular complexity index is 907. The minimum Gasteiger partial charge on any atom is -0.491 e. The molecule has 0 spiro atoms. The second-order valence-corrected chi connectivity index (χ2v) is 8.82. The normalized spacial score (nSPS) is 20.7. The van der Waals surface area contributed by atoms with Crippen LogP contribution in [0.5, 0.6) is 5.75 Å². The fourth-order valence-electron chi connectivity index (χ4n) is 3.75.